The molecule has 0 N–H and O–H groups in total. The number of nitrogens with zero attached hydrogens (tertiary/aromatic N) is 5. The number of anilines is 1. The van der Waals surface area contributed by atoms with Gasteiger partial charge in [-0.2, -0.15) is 4.98 Å². The Labute approximate surface area is 132 Å². The van der Waals surface area contributed by atoms with Crippen LogP contribution in [0.1, 0.15) is 38.0 Å². The molecule has 2 aliphatic heterocycles. The van der Waals surface area contributed by atoms with Gasteiger partial charge in [0.05, 0.1) is 6.54 Å². The summed E-state index contributed by atoms with van der Waals surface area (Å²) < 4.78 is 5.38. The van der Waals surface area contributed by atoms with Crippen LogP contribution in [0, 0.1) is 5.92 Å². The molecule has 3 aliphatic rings. The van der Waals surface area contributed by atoms with Crippen LogP contribution in [-0.4, -0.2) is 65.8 Å². The average Bonchev–Trinajstić information content (AvgIpc) is 3.25. The number of likely N-dealkylation sites (tertiary alicyclic amines) is 2. The third-order valence-corrected chi connectivity index (χ3v) is 5.43. The SMILES string of the molecule is CN(C)c1noc(CN2CC[C@H]3[C@H](CCCN3C3CC3)C2)n1. The molecule has 6 nitrogen and oxygen atoms in total. The van der Waals surface area contributed by atoms with E-state index in [1.165, 1.54) is 45.2 Å². The van der Waals surface area contributed by atoms with Crippen molar-refractivity contribution in [3.05, 3.63) is 5.89 Å². The zero-order chi connectivity index (χ0) is 15.1. The van der Waals surface area contributed by atoms with Gasteiger partial charge in [-0.05, 0) is 49.7 Å². The largest absolute Gasteiger partial charge is 0.344 e. The van der Waals surface area contributed by atoms with Crippen molar-refractivity contribution < 1.29 is 4.52 Å². The van der Waals surface area contributed by atoms with E-state index >= 15 is 0 Å². The van der Waals surface area contributed by atoms with Crippen molar-refractivity contribution in [2.24, 2.45) is 5.92 Å². The molecule has 22 heavy (non-hydrogen) atoms. The second kappa shape index (κ2) is 5.81. The van der Waals surface area contributed by atoms with Gasteiger partial charge in [0.25, 0.3) is 5.95 Å². The highest BCUT2D eigenvalue weighted by atomic mass is 16.5. The normalized spacial score (nSPS) is 30.3. The van der Waals surface area contributed by atoms with E-state index in [1.54, 1.807) is 0 Å². The minimum Gasteiger partial charge on any atom is -0.344 e. The smallest absolute Gasteiger partial charge is 0.265 e. The fourth-order valence-electron chi connectivity index (χ4n) is 4.20. The summed E-state index contributed by atoms with van der Waals surface area (Å²) in [6.45, 7) is 4.48. The van der Waals surface area contributed by atoms with E-state index in [0.29, 0.717) is 5.95 Å². The Kier molecular flexibility index (Phi) is 3.82. The lowest BCUT2D eigenvalue weighted by Crippen LogP contribution is -2.54. The first-order chi connectivity index (χ1) is 10.7. The van der Waals surface area contributed by atoms with Crippen LogP contribution in [0.15, 0.2) is 4.52 Å². The predicted molar refractivity (Wildman–Crippen MR) is 84.8 cm³/mol. The third kappa shape index (κ3) is 2.86. The third-order valence-electron chi connectivity index (χ3n) is 5.43. The molecule has 3 heterocycles. The predicted octanol–water partition coefficient (Wildman–Crippen LogP) is 1.58. The van der Waals surface area contributed by atoms with Gasteiger partial charge in [0.1, 0.15) is 0 Å². The lowest BCUT2D eigenvalue weighted by Gasteiger charge is -2.47. The van der Waals surface area contributed by atoms with Crippen molar-refractivity contribution in [2.45, 2.75) is 50.7 Å². The lowest BCUT2D eigenvalue weighted by atomic mass is 9.83. The maximum atomic E-state index is 5.38. The summed E-state index contributed by atoms with van der Waals surface area (Å²) in [5, 5.41) is 4.01. The standard InChI is InChI=1S/C16H27N5O/c1-19(2)16-17-15(22-18-16)11-20-9-7-14-12(10-20)4-3-8-21(14)13-5-6-13/h12-14H,3-11H2,1-2H3/t12-,14+/m1/s1. The van der Waals surface area contributed by atoms with Crippen molar-refractivity contribution in [2.75, 3.05) is 38.6 Å². The number of hydrogen-bond acceptors (Lipinski definition) is 6. The van der Waals surface area contributed by atoms with Crippen LogP contribution in [0.2, 0.25) is 0 Å². The van der Waals surface area contributed by atoms with Crippen molar-refractivity contribution in [3.8, 4) is 0 Å². The van der Waals surface area contributed by atoms with Crippen LogP contribution in [-0.2, 0) is 6.54 Å². The highest BCUT2D eigenvalue weighted by molar-refractivity contribution is 5.23. The van der Waals surface area contributed by atoms with E-state index in [2.05, 4.69) is 19.9 Å². The van der Waals surface area contributed by atoms with E-state index in [0.717, 1.165) is 37.0 Å². The van der Waals surface area contributed by atoms with Gasteiger partial charge in [-0.3, -0.25) is 9.80 Å². The second-order valence-corrected chi connectivity index (χ2v) is 7.34. The maximum absolute atomic E-state index is 5.38. The molecular formula is C16H27N5O. The van der Waals surface area contributed by atoms with Crippen LogP contribution in [0.5, 0.6) is 0 Å². The van der Waals surface area contributed by atoms with Crippen LogP contribution in [0.4, 0.5) is 5.95 Å². The van der Waals surface area contributed by atoms with Gasteiger partial charge in [0.2, 0.25) is 5.89 Å². The highest BCUT2D eigenvalue weighted by Crippen LogP contribution is 2.38. The minimum atomic E-state index is 0.669. The van der Waals surface area contributed by atoms with E-state index in [1.807, 2.05) is 19.0 Å². The van der Waals surface area contributed by atoms with Crippen LogP contribution < -0.4 is 4.90 Å². The molecule has 6 heteroatoms. The van der Waals surface area contributed by atoms with Gasteiger partial charge in [0, 0.05) is 39.3 Å². The van der Waals surface area contributed by atoms with Gasteiger partial charge >= 0.3 is 0 Å². The molecule has 0 unspecified atom stereocenters. The number of piperidine rings is 2. The number of fused-ring (bicyclic) bond motifs is 1. The molecule has 0 amide bonds. The van der Waals surface area contributed by atoms with E-state index in [-0.39, 0.29) is 0 Å². The average molecular weight is 305 g/mol. The van der Waals surface area contributed by atoms with Gasteiger partial charge in [-0.25, -0.2) is 0 Å². The molecule has 4 rings (SSSR count). The Hall–Kier alpha value is -1.14. The topological polar surface area (TPSA) is 48.6 Å². The zero-order valence-corrected chi connectivity index (χ0v) is 13.7. The Bertz CT molecular complexity index is 512. The monoisotopic (exact) mass is 305 g/mol. The number of hydrogen-bond donors (Lipinski definition) is 0. The van der Waals surface area contributed by atoms with E-state index in [9.17, 15) is 0 Å². The Morgan fingerprint density at radius 3 is 2.77 bits per heavy atom. The summed E-state index contributed by atoms with van der Waals surface area (Å²) in [5.41, 5.74) is 0. The van der Waals surface area contributed by atoms with Gasteiger partial charge < -0.3 is 9.42 Å². The molecule has 2 saturated heterocycles. The first-order valence-corrected chi connectivity index (χ1v) is 8.68. The molecule has 0 aromatic carbocycles. The Balaban J connectivity index is 1.37. The second-order valence-electron chi connectivity index (χ2n) is 7.34. The van der Waals surface area contributed by atoms with E-state index in [4.69, 9.17) is 4.52 Å². The number of aromatic nitrogens is 2. The summed E-state index contributed by atoms with van der Waals surface area (Å²) in [6.07, 6.45) is 6.92. The molecular weight excluding hydrogens is 278 g/mol. The van der Waals surface area contributed by atoms with Crippen LogP contribution >= 0.6 is 0 Å². The fraction of sp³-hybridized carbons (Fsp3) is 0.875. The Morgan fingerprint density at radius 2 is 2.05 bits per heavy atom. The summed E-state index contributed by atoms with van der Waals surface area (Å²) in [5.74, 6) is 2.25. The molecule has 1 saturated carbocycles. The van der Waals surface area contributed by atoms with Gasteiger partial charge in [-0.15, -0.1) is 0 Å². The molecule has 0 spiro atoms. The van der Waals surface area contributed by atoms with Crippen molar-refractivity contribution >= 4 is 5.95 Å². The molecule has 0 bridgehead atoms. The molecule has 0 radical (unpaired) electrons. The highest BCUT2D eigenvalue weighted by Gasteiger charge is 2.42. The summed E-state index contributed by atoms with van der Waals surface area (Å²) >= 11 is 0. The van der Waals surface area contributed by atoms with Gasteiger partial charge in [-0.1, -0.05) is 0 Å². The van der Waals surface area contributed by atoms with Crippen molar-refractivity contribution in [3.63, 3.8) is 0 Å². The first-order valence-electron chi connectivity index (χ1n) is 8.68. The molecule has 1 aromatic heterocycles. The molecule has 1 aliphatic carbocycles. The summed E-state index contributed by atoms with van der Waals surface area (Å²) in [4.78, 5) is 11.7. The minimum absolute atomic E-state index is 0.669. The number of rotatable bonds is 4. The summed E-state index contributed by atoms with van der Waals surface area (Å²) in [6, 6.07) is 1.75. The maximum Gasteiger partial charge on any atom is 0.265 e. The van der Waals surface area contributed by atoms with E-state index < -0.39 is 0 Å². The lowest BCUT2D eigenvalue weighted by molar-refractivity contribution is 0.0125. The molecule has 1 aromatic rings. The van der Waals surface area contributed by atoms with Crippen molar-refractivity contribution in [1.82, 2.24) is 19.9 Å². The Morgan fingerprint density at radius 1 is 1.18 bits per heavy atom. The first kappa shape index (κ1) is 14.5. The van der Waals surface area contributed by atoms with Crippen molar-refractivity contribution in [1.29, 1.82) is 0 Å². The molecule has 122 valence electrons. The zero-order valence-electron chi connectivity index (χ0n) is 13.7. The molecule has 3 fully saturated rings. The molecule has 2 atom stereocenters. The summed E-state index contributed by atoms with van der Waals surface area (Å²) in [7, 11) is 3.88. The van der Waals surface area contributed by atoms with Crippen LogP contribution in [0.25, 0.3) is 0 Å². The fourth-order valence-corrected chi connectivity index (χ4v) is 4.20. The van der Waals surface area contributed by atoms with Crippen LogP contribution in [0.3, 0.4) is 0 Å². The van der Waals surface area contributed by atoms with Gasteiger partial charge in [0.15, 0.2) is 0 Å². The quantitative estimate of drug-likeness (QED) is 0.842.